The van der Waals surface area contributed by atoms with Gasteiger partial charge in [0.2, 0.25) is 5.91 Å². The number of nitrogens with one attached hydrogen (secondary N) is 2. The number of aryl methyl sites for hydroxylation is 2. The second-order valence-corrected chi connectivity index (χ2v) is 8.74. The number of H-pyrrole nitrogens is 1. The van der Waals surface area contributed by atoms with Gasteiger partial charge >= 0.3 is 0 Å². The van der Waals surface area contributed by atoms with Crippen molar-refractivity contribution in [2.24, 2.45) is 0 Å². The van der Waals surface area contributed by atoms with E-state index < -0.39 is 0 Å². The number of hydrogen-bond donors (Lipinski definition) is 2. The Morgan fingerprint density at radius 2 is 2.11 bits per heavy atom. The first-order valence-corrected chi connectivity index (χ1v) is 11.2. The van der Waals surface area contributed by atoms with Crippen molar-refractivity contribution in [3.63, 3.8) is 0 Å². The van der Waals surface area contributed by atoms with Crippen molar-refractivity contribution in [3.05, 3.63) is 51.4 Å². The third kappa shape index (κ3) is 6.43. The lowest BCUT2D eigenvalue weighted by atomic mass is 10.1. The number of carbonyl (C=O) groups excluding carboxylic acids is 1. The molecule has 0 bridgehead atoms. The predicted octanol–water partition coefficient (Wildman–Crippen LogP) is 4.40. The minimum atomic E-state index is -0.379. The van der Waals surface area contributed by atoms with Crippen LogP contribution in [-0.4, -0.2) is 26.9 Å². The van der Waals surface area contributed by atoms with Gasteiger partial charge in [0.25, 0.3) is 5.56 Å². The molecular formula is C20H27N3O2S2. The van der Waals surface area contributed by atoms with Crippen LogP contribution in [0, 0.1) is 6.92 Å². The first-order valence-electron chi connectivity index (χ1n) is 9.18. The van der Waals surface area contributed by atoms with E-state index in [2.05, 4.69) is 29.1 Å². The van der Waals surface area contributed by atoms with Gasteiger partial charge in [-0.05, 0) is 43.6 Å². The predicted molar refractivity (Wildman–Crippen MR) is 116 cm³/mol. The van der Waals surface area contributed by atoms with E-state index in [1.165, 1.54) is 17.8 Å². The Morgan fingerprint density at radius 1 is 1.33 bits per heavy atom. The molecule has 1 amide bonds. The average molecular weight is 406 g/mol. The summed E-state index contributed by atoms with van der Waals surface area (Å²) in [6, 6.07) is 7.54. The van der Waals surface area contributed by atoms with Gasteiger partial charge in [-0.2, -0.15) is 11.8 Å². The van der Waals surface area contributed by atoms with Crippen LogP contribution in [0.15, 0.2) is 34.2 Å². The molecule has 5 nitrogen and oxygen atoms in total. The lowest BCUT2D eigenvalue weighted by molar-refractivity contribution is -0.115. The number of carbonyl (C=O) groups is 1. The zero-order chi connectivity index (χ0) is 19.8. The molecule has 1 unspecified atom stereocenters. The van der Waals surface area contributed by atoms with Crippen LogP contribution < -0.4 is 10.9 Å². The second-order valence-electron chi connectivity index (χ2n) is 6.31. The lowest BCUT2D eigenvalue weighted by Crippen LogP contribution is -2.24. The van der Waals surface area contributed by atoms with Crippen LogP contribution >= 0.6 is 23.5 Å². The van der Waals surface area contributed by atoms with Crippen molar-refractivity contribution in [1.29, 1.82) is 0 Å². The largest absolute Gasteiger partial charge is 0.325 e. The van der Waals surface area contributed by atoms with Gasteiger partial charge in [0, 0.05) is 17.5 Å². The van der Waals surface area contributed by atoms with Crippen LogP contribution in [0.1, 0.15) is 44.0 Å². The average Bonchev–Trinajstić information content (AvgIpc) is 2.63. The van der Waals surface area contributed by atoms with Gasteiger partial charge in [0.05, 0.1) is 10.9 Å². The third-order valence-corrected chi connectivity index (χ3v) is 6.20. The summed E-state index contributed by atoms with van der Waals surface area (Å²) in [6.45, 7) is 8.00. The molecule has 2 N–H and O–H groups in total. The van der Waals surface area contributed by atoms with Gasteiger partial charge in [-0.25, -0.2) is 4.98 Å². The van der Waals surface area contributed by atoms with Crippen molar-refractivity contribution < 1.29 is 4.79 Å². The standard InChI is InChI=1S/C20H27N3O2S2/c1-5-10-26-12-16-11-17(24)22-20(21-16)27-14(4)19(25)23-18-13(3)8-7-9-15(18)6-2/h7-9,11,14H,5-6,10,12H2,1-4H3,(H,23,25)(H,21,22,24). The lowest BCUT2D eigenvalue weighted by Gasteiger charge is -2.16. The summed E-state index contributed by atoms with van der Waals surface area (Å²) >= 11 is 3.02. The summed E-state index contributed by atoms with van der Waals surface area (Å²) in [5, 5.41) is 3.14. The summed E-state index contributed by atoms with van der Waals surface area (Å²) in [5.74, 6) is 1.64. The first kappa shape index (κ1) is 21.6. The number of thioether (sulfide) groups is 2. The fraction of sp³-hybridized carbons (Fsp3) is 0.450. The number of amides is 1. The van der Waals surface area contributed by atoms with Crippen LogP contribution in [0.3, 0.4) is 0 Å². The molecule has 0 spiro atoms. The Morgan fingerprint density at radius 3 is 2.81 bits per heavy atom. The second kappa shape index (κ2) is 10.6. The van der Waals surface area contributed by atoms with Crippen LogP contribution in [-0.2, 0) is 17.0 Å². The molecule has 0 aliphatic heterocycles. The molecule has 146 valence electrons. The number of anilines is 1. The number of benzene rings is 1. The highest BCUT2D eigenvalue weighted by Crippen LogP contribution is 2.24. The Balaban J connectivity index is 2.07. The van der Waals surface area contributed by atoms with Crippen molar-refractivity contribution in [3.8, 4) is 0 Å². The van der Waals surface area contributed by atoms with Crippen molar-refractivity contribution in [1.82, 2.24) is 9.97 Å². The van der Waals surface area contributed by atoms with Gasteiger partial charge < -0.3 is 10.3 Å². The fourth-order valence-electron chi connectivity index (χ4n) is 2.58. The van der Waals surface area contributed by atoms with E-state index in [4.69, 9.17) is 0 Å². The number of aromatic amines is 1. The van der Waals surface area contributed by atoms with E-state index in [0.717, 1.165) is 41.1 Å². The van der Waals surface area contributed by atoms with E-state index in [0.29, 0.717) is 10.9 Å². The quantitative estimate of drug-likeness (QED) is 0.367. The molecule has 0 fully saturated rings. The molecule has 1 atom stereocenters. The minimum Gasteiger partial charge on any atom is -0.325 e. The highest BCUT2D eigenvalue weighted by Gasteiger charge is 2.18. The molecule has 0 radical (unpaired) electrons. The molecule has 1 aromatic heterocycles. The summed E-state index contributed by atoms with van der Waals surface area (Å²) in [6.07, 6.45) is 1.94. The third-order valence-electron chi connectivity index (χ3n) is 4.02. The van der Waals surface area contributed by atoms with Gasteiger partial charge in [-0.3, -0.25) is 9.59 Å². The van der Waals surface area contributed by atoms with E-state index >= 15 is 0 Å². The zero-order valence-corrected chi connectivity index (χ0v) is 17.9. The Labute approximate surface area is 169 Å². The highest BCUT2D eigenvalue weighted by molar-refractivity contribution is 8.00. The molecule has 0 aliphatic carbocycles. The maximum absolute atomic E-state index is 12.7. The van der Waals surface area contributed by atoms with E-state index in [9.17, 15) is 9.59 Å². The molecule has 7 heteroatoms. The number of nitrogens with zero attached hydrogens (tertiary/aromatic N) is 1. The smallest absolute Gasteiger partial charge is 0.251 e. The summed E-state index contributed by atoms with van der Waals surface area (Å²) in [5.41, 5.74) is 3.60. The van der Waals surface area contributed by atoms with E-state index in [1.807, 2.05) is 32.0 Å². The molecule has 0 aliphatic rings. The maximum Gasteiger partial charge on any atom is 0.251 e. The SMILES string of the molecule is CCCSCc1cc(=O)[nH]c(SC(C)C(=O)Nc2c(C)cccc2CC)n1. The minimum absolute atomic E-state index is 0.0996. The van der Waals surface area contributed by atoms with Crippen molar-refractivity contribution in [2.75, 3.05) is 11.1 Å². The Bertz CT molecular complexity index is 836. The summed E-state index contributed by atoms with van der Waals surface area (Å²) < 4.78 is 0. The number of rotatable bonds is 9. The Hall–Kier alpha value is -1.73. The molecule has 0 saturated carbocycles. The number of hydrogen-bond acceptors (Lipinski definition) is 5. The number of aromatic nitrogens is 2. The zero-order valence-electron chi connectivity index (χ0n) is 16.3. The van der Waals surface area contributed by atoms with Crippen LogP contribution in [0.5, 0.6) is 0 Å². The van der Waals surface area contributed by atoms with Crippen LogP contribution in [0.4, 0.5) is 5.69 Å². The molecule has 1 aromatic carbocycles. The first-order chi connectivity index (χ1) is 12.9. The number of para-hydroxylation sites is 1. The van der Waals surface area contributed by atoms with Crippen molar-refractivity contribution >= 4 is 35.1 Å². The molecular weight excluding hydrogens is 378 g/mol. The molecule has 0 saturated heterocycles. The van der Waals surface area contributed by atoms with Gasteiger partial charge in [0.1, 0.15) is 0 Å². The van der Waals surface area contributed by atoms with Gasteiger partial charge in [-0.15, -0.1) is 0 Å². The van der Waals surface area contributed by atoms with Gasteiger partial charge in [0.15, 0.2) is 5.16 Å². The van der Waals surface area contributed by atoms with Crippen LogP contribution in [0.2, 0.25) is 0 Å². The summed E-state index contributed by atoms with van der Waals surface area (Å²) in [4.78, 5) is 31.8. The molecule has 27 heavy (non-hydrogen) atoms. The molecule has 1 heterocycles. The maximum atomic E-state index is 12.7. The fourth-order valence-corrected chi connectivity index (χ4v) is 4.20. The van der Waals surface area contributed by atoms with E-state index in [-0.39, 0.29) is 16.7 Å². The van der Waals surface area contributed by atoms with Crippen molar-refractivity contribution in [2.45, 2.75) is 56.7 Å². The topological polar surface area (TPSA) is 74.8 Å². The normalized spacial score (nSPS) is 12.0. The van der Waals surface area contributed by atoms with E-state index in [1.54, 1.807) is 11.8 Å². The molecule has 2 aromatic rings. The Kier molecular flexibility index (Phi) is 8.44. The van der Waals surface area contributed by atoms with Crippen LogP contribution in [0.25, 0.3) is 0 Å². The summed E-state index contributed by atoms with van der Waals surface area (Å²) in [7, 11) is 0. The molecule has 2 rings (SSSR count). The van der Waals surface area contributed by atoms with Gasteiger partial charge in [-0.1, -0.05) is 43.8 Å². The highest BCUT2D eigenvalue weighted by atomic mass is 32.2. The monoisotopic (exact) mass is 405 g/mol.